The number of hydrogen-bond donors (Lipinski definition) is 2. The predicted octanol–water partition coefficient (Wildman–Crippen LogP) is 2.00. The van der Waals surface area contributed by atoms with Crippen molar-refractivity contribution >= 4 is 10.9 Å². The lowest BCUT2D eigenvalue weighted by Gasteiger charge is -2.24. The lowest BCUT2D eigenvalue weighted by atomic mass is 9.84. The molecule has 2 rings (SSSR count). The lowest BCUT2D eigenvalue weighted by molar-refractivity contribution is 0.248. The van der Waals surface area contributed by atoms with Crippen molar-refractivity contribution in [3.8, 4) is 0 Å². The smallest absolute Gasteiger partial charge is 0.0931 e. The Morgan fingerprint density at radius 3 is 2.71 bits per heavy atom. The molecule has 17 heavy (non-hydrogen) atoms. The summed E-state index contributed by atoms with van der Waals surface area (Å²) >= 11 is 0. The van der Waals surface area contributed by atoms with Crippen LogP contribution in [0.15, 0.2) is 30.5 Å². The molecule has 2 N–H and O–H groups in total. The van der Waals surface area contributed by atoms with E-state index in [-0.39, 0.29) is 12.1 Å². The Kier molecular flexibility index (Phi) is 3.22. The first-order chi connectivity index (χ1) is 8.06. The molecule has 1 heterocycles. The molecule has 0 bridgehead atoms. The number of aromatic nitrogens is 1. The van der Waals surface area contributed by atoms with Gasteiger partial charge in [0.15, 0.2) is 0 Å². The van der Waals surface area contributed by atoms with Gasteiger partial charge < -0.3 is 9.67 Å². The van der Waals surface area contributed by atoms with E-state index in [1.165, 1.54) is 16.5 Å². The molecule has 1 aromatic heterocycles. The van der Waals surface area contributed by atoms with Gasteiger partial charge in [-0.3, -0.25) is 5.32 Å². The lowest BCUT2D eigenvalue weighted by Crippen LogP contribution is -2.33. The summed E-state index contributed by atoms with van der Waals surface area (Å²) in [6, 6.07) is 8.42. The Labute approximate surface area is 102 Å². The number of fused-ring (bicyclic) bond motifs is 1. The van der Waals surface area contributed by atoms with Gasteiger partial charge in [0, 0.05) is 36.1 Å². The van der Waals surface area contributed by atoms with Crippen LogP contribution in [-0.4, -0.2) is 22.9 Å². The van der Waals surface area contributed by atoms with Crippen molar-refractivity contribution in [1.29, 1.82) is 0 Å². The molecule has 3 nitrogen and oxygen atoms in total. The first kappa shape index (κ1) is 12.1. The van der Waals surface area contributed by atoms with Crippen LogP contribution in [0.2, 0.25) is 0 Å². The van der Waals surface area contributed by atoms with E-state index < -0.39 is 0 Å². The third-order valence-corrected chi connectivity index (χ3v) is 3.30. The number of hydrogen-bond acceptors (Lipinski definition) is 2. The number of aliphatic hydroxyl groups excluding tert-OH is 1. The zero-order valence-electron chi connectivity index (χ0n) is 10.7. The highest BCUT2D eigenvalue weighted by molar-refractivity contribution is 5.85. The van der Waals surface area contributed by atoms with Crippen molar-refractivity contribution in [1.82, 2.24) is 9.88 Å². The summed E-state index contributed by atoms with van der Waals surface area (Å²) in [5, 5.41) is 13.2. The zero-order chi connectivity index (χ0) is 12.5. The maximum atomic E-state index is 8.88. The second-order valence-electron chi connectivity index (χ2n) is 5.14. The second kappa shape index (κ2) is 4.51. The standard InChI is InChI=1S/C14H20N2O/c1-14(2,9-15-10-17)12-8-16(3)13-7-5-4-6-11(12)13/h4-8,15,17H,9-10H2,1-3H3. The van der Waals surface area contributed by atoms with E-state index in [0.717, 1.165) is 6.54 Å². The van der Waals surface area contributed by atoms with Crippen molar-refractivity contribution in [3.63, 3.8) is 0 Å². The second-order valence-corrected chi connectivity index (χ2v) is 5.14. The maximum absolute atomic E-state index is 8.88. The van der Waals surface area contributed by atoms with E-state index in [4.69, 9.17) is 5.11 Å². The summed E-state index contributed by atoms with van der Waals surface area (Å²) in [4.78, 5) is 0. The fourth-order valence-corrected chi connectivity index (χ4v) is 2.34. The number of aliphatic hydroxyl groups is 1. The zero-order valence-corrected chi connectivity index (χ0v) is 10.7. The van der Waals surface area contributed by atoms with Gasteiger partial charge >= 0.3 is 0 Å². The Morgan fingerprint density at radius 1 is 1.29 bits per heavy atom. The number of rotatable bonds is 4. The van der Waals surface area contributed by atoms with Crippen LogP contribution in [0.25, 0.3) is 10.9 Å². The highest BCUT2D eigenvalue weighted by atomic mass is 16.3. The van der Waals surface area contributed by atoms with Crippen LogP contribution >= 0.6 is 0 Å². The Morgan fingerprint density at radius 2 is 2.00 bits per heavy atom. The van der Waals surface area contributed by atoms with Crippen LogP contribution in [0, 0.1) is 0 Å². The quantitative estimate of drug-likeness (QED) is 0.791. The summed E-state index contributed by atoms with van der Waals surface area (Å²) < 4.78 is 2.16. The molecule has 0 radical (unpaired) electrons. The van der Waals surface area contributed by atoms with Crippen molar-refractivity contribution in [2.75, 3.05) is 13.3 Å². The van der Waals surface area contributed by atoms with E-state index >= 15 is 0 Å². The molecule has 0 spiro atoms. The molecule has 0 amide bonds. The van der Waals surface area contributed by atoms with Crippen LogP contribution in [0.3, 0.4) is 0 Å². The first-order valence-electron chi connectivity index (χ1n) is 5.92. The molecule has 0 saturated heterocycles. The number of nitrogens with one attached hydrogen (secondary N) is 1. The Hall–Kier alpha value is -1.32. The van der Waals surface area contributed by atoms with Gasteiger partial charge in [-0.1, -0.05) is 32.0 Å². The van der Waals surface area contributed by atoms with E-state index in [0.29, 0.717) is 0 Å². The molecular formula is C14H20N2O. The summed E-state index contributed by atoms with van der Waals surface area (Å²) in [7, 11) is 2.07. The highest BCUT2D eigenvalue weighted by Gasteiger charge is 2.24. The number of nitrogens with zero attached hydrogens (tertiary/aromatic N) is 1. The monoisotopic (exact) mass is 232 g/mol. The van der Waals surface area contributed by atoms with Gasteiger partial charge in [-0.15, -0.1) is 0 Å². The van der Waals surface area contributed by atoms with E-state index in [2.05, 4.69) is 61.2 Å². The van der Waals surface area contributed by atoms with Gasteiger partial charge in [-0.25, -0.2) is 0 Å². The molecule has 0 aliphatic carbocycles. The van der Waals surface area contributed by atoms with Crippen molar-refractivity contribution in [3.05, 3.63) is 36.0 Å². The van der Waals surface area contributed by atoms with Gasteiger partial charge in [0.1, 0.15) is 0 Å². The van der Waals surface area contributed by atoms with E-state index in [1.807, 2.05) is 0 Å². The van der Waals surface area contributed by atoms with E-state index in [1.54, 1.807) is 0 Å². The Balaban J connectivity index is 2.48. The van der Waals surface area contributed by atoms with Gasteiger partial charge in [0.05, 0.1) is 6.73 Å². The Bertz CT molecular complexity index is 514. The van der Waals surface area contributed by atoms with Crippen LogP contribution in [0.4, 0.5) is 0 Å². The maximum Gasteiger partial charge on any atom is 0.0931 e. The summed E-state index contributed by atoms with van der Waals surface area (Å²) in [5.74, 6) is 0. The molecule has 0 aliphatic heterocycles. The summed E-state index contributed by atoms with van der Waals surface area (Å²) in [5.41, 5.74) is 2.57. The van der Waals surface area contributed by atoms with Crippen LogP contribution in [0.1, 0.15) is 19.4 Å². The van der Waals surface area contributed by atoms with Crippen molar-refractivity contribution in [2.24, 2.45) is 7.05 Å². The van der Waals surface area contributed by atoms with E-state index in [9.17, 15) is 0 Å². The summed E-state index contributed by atoms with van der Waals surface area (Å²) in [6.45, 7) is 5.17. The van der Waals surface area contributed by atoms with Crippen LogP contribution in [-0.2, 0) is 12.5 Å². The average Bonchev–Trinajstić information content (AvgIpc) is 2.66. The minimum atomic E-state index is 0.00356. The normalized spacial score (nSPS) is 12.2. The van der Waals surface area contributed by atoms with Gasteiger partial charge in [-0.2, -0.15) is 0 Å². The molecule has 3 heteroatoms. The SMILES string of the molecule is Cn1cc(C(C)(C)CNCO)c2ccccc21. The van der Waals surface area contributed by atoms with Crippen molar-refractivity contribution < 1.29 is 5.11 Å². The molecule has 2 aromatic rings. The highest BCUT2D eigenvalue weighted by Crippen LogP contribution is 2.31. The first-order valence-corrected chi connectivity index (χ1v) is 5.92. The minimum Gasteiger partial charge on any atom is -0.381 e. The molecule has 0 atom stereocenters. The predicted molar refractivity (Wildman–Crippen MR) is 71.0 cm³/mol. The third-order valence-electron chi connectivity index (χ3n) is 3.30. The number of para-hydroxylation sites is 1. The minimum absolute atomic E-state index is 0.00356. The molecule has 0 fully saturated rings. The van der Waals surface area contributed by atoms with Gasteiger partial charge in [-0.05, 0) is 11.6 Å². The number of benzene rings is 1. The van der Waals surface area contributed by atoms with Gasteiger partial charge in [0.2, 0.25) is 0 Å². The topological polar surface area (TPSA) is 37.2 Å². The average molecular weight is 232 g/mol. The van der Waals surface area contributed by atoms with Crippen LogP contribution < -0.4 is 5.32 Å². The summed E-state index contributed by atoms with van der Waals surface area (Å²) in [6.07, 6.45) is 2.18. The molecule has 92 valence electrons. The molecule has 0 saturated carbocycles. The molecule has 0 aliphatic rings. The molecule has 1 aromatic carbocycles. The fraction of sp³-hybridized carbons (Fsp3) is 0.429. The fourth-order valence-electron chi connectivity index (χ4n) is 2.34. The van der Waals surface area contributed by atoms with Gasteiger partial charge in [0.25, 0.3) is 0 Å². The number of aryl methyl sites for hydroxylation is 1. The van der Waals surface area contributed by atoms with Crippen molar-refractivity contribution in [2.45, 2.75) is 19.3 Å². The molecule has 0 unspecified atom stereocenters. The largest absolute Gasteiger partial charge is 0.381 e. The van der Waals surface area contributed by atoms with Crippen LogP contribution in [0.5, 0.6) is 0 Å². The molecular weight excluding hydrogens is 212 g/mol. The third kappa shape index (κ3) is 2.21.